The molecule has 2 aromatic rings. The molecular formula is C27H34N2. The summed E-state index contributed by atoms with van der Waals surface area (Å²) >= 11 is 0. The second-order valence-electron chi connectivity index (χ2n) is 9.55. The first-order chi connectivity index (χ1) is 14.0. The number of hydrogen-bond donors (Lipinski definition) is 0. The molecule has 152 valence electrons. The Labute approximate surface area is 176 Å². The Kier molecular flexibility index (Phi) is 5.76. The molecule has 0 amide bonds. The van der Waals surface area contributed by atoms with Gasteiger partial charge in [0.1, 0.15) is 0 Å². The fraction of sp³-hybridized carbons (Fsp3) is 0.481. The number of nitrogens with zero attached hydrogens (tertiary/aromatic N) is 2. The molecular weight excluding hydrogens is 352 g/mol. The van der Waals surface area contributed by atoms with Crippen molar-refractivity contribution in [2.75, 3.05) is 13.1 Å². The second kappa shape index (κ2) is 8.30. The van der Waals surface area contributed by atoms with Gasteiger partial charge in [0, 0.05) is 24.4 Å². The largest absolute Gasteiger partial charge is 0.299 e. The minimum absolute atomic E-state index is 0.240. The molecule has 1 saturated carbocycles. The van der Waals surface area contributed by atoms with Gasteiger partial charge in [-0.05, 0) is 99.7 Å². The van der Waals surface area contributed by atoms with Crippen LogP contribution in [0.1, 0.15) is 55.7 Å². The molecule has 2 heteroatoms. The van der Waals surface area contributed by atoms with Crippen molar-refractivity contribution in [2.45, 2.75) is 58.9 Å². The molecule has 2 heterocycles. The minimum atomic E-state index is 0.240. The van der Waals surface area contributed by atoms with Crippen LogP contribution in [-0.2, 0) is 13.0 Å². The molecule has 1 saturated heterocycles. The Bertz CT molecular complexity index is 869. The van der Waals surface area contributed by atoms with Crippen LogP contribution in [0.25, 0.3) is 0 Å². The predicted octanol–water partition coefficient (Wildman–Crippen LogP) is 6.12. The van der Waals surface area contributed by atoms with Crippen LogP contribution < -0.4 is 0 Å². The minimum Gasteiger partial charge on any atom is -0.299 e. The maximum absolute atomic E-state index is 4.14. The first kappa shape index (κ1) is 20.1. The lowest BCUT2D eigenvalue weighted by Gasteiger charge is -2.41. The molecule has 2 fully saturated rings. The molecule has 1 aromatic heterocycles. The molecule has 2 aliphatic rings. The van der Waals surface area contributed by atoms with Crippen LogP contribution in [0.15, 0.2) is 66.7 Å². The summed E-state index contributed by atoms with van der Waals surface area (Å²) in [6.45, 7) is 11.9. The standard InChI is InChI=1S/C27H34N2/c1-4-23(3)27(19-24-7-5-22(2)6-8-24)12-11-26(21-27)13-17-29(18-14-26)20-25-9-15-28-16-10-25/h5-10,15-16H,1,11-14,17-21H2,2-3H3. The Morgan fingerprint density at radius 2 is 1.69 bits per heavy atom. The van der Waals surface area contributed by atoms with E-state index in [1.54, 1.807) is 0 Å². The maximum atomic E-state index is 4.14. The van der Waals surface area contributed by atoms with Gasteiger partial charge in [0.2, 0.25) is 0 Å². The highest BCUT2D eigenvalue weighted by Gasteiger charge is 2.49. The van der Waals surface area contributed by atoms with E-state index < -0.39 is 0 Å². The van der Waals surface area contributed by atoms with Gasteiger partial charge in [-0.2, -0.15) is 0 Å². The van der Waals surface area contributed by atoms with E-state index in [1.165, 1.54) is 67.5 Å². The van der Waals surface area contributed by atoms with Gasteiger partial charge < -0.3 is 0 Å². The lowest BCUT2D eigenvalue weighted by Crippen LogP contribution is -2.39. The zero-order chi connectivity index (χ0) is 20.3. The summed E-state index contributed by atoms with van der Waals surface area (Å²) in [7, 11) is 0. The Hall–Kier alpha value is -2.15. The molecule has 0 radical (unpaired) electrons. The quantitative estimate of drug-likeness (QED) is 0.576. The smallest absolute Gasteiger partial charge is 0.0271 e. The van der Waals surface area contributed by atoms with E-state index in [-0.39, 0.29) is 5.41 Å². The molecule has 1 spiro atoms. The van der Waals surface area contributed by atoms with Crippen LogP contribution in [0.4, 0.5) is 0 Å². The third-order valence-corrected chi connectivity index (χ3v) is 7.64. The lowest BCUT2D eigenvalue weighted by molar-refractivity contribution is 0.0939. The topological polar surface area (TPSA) is 16.1 Å². The highest BCUT2D eigenvalue weighted by Crippen LogP contribution is 2.58. The number of hydrogen-bond acceptors (Lipinski definition) is 2. The van der Waals surface area contributed by atoms with Crippen LogP contribution in [0, 0.1) is 17.8 Å². The molecule has 0 bridgehead atoms. The molecule has 4 rings (SSSR count). The van der Waals surface area contributed by atoms with E-state index in [9.17, 15) is 0 Å². The van der Waals surface area contributed by atoms with E-state index in [0.717, 1.165) is 13.0 Å². The van der Waals surface area contributed by atoms with Crippen molar-refractivity contribution in [3.63, 3.8) is 0 Å². The molecule has 1 aromatic carbocycles. The van der Waals surface area contributed by atoms with Crippen molar-refractivity contribution < 1.29 is 0 Å². The molecule has 1 aliphatic heterocycles. The van der Waals surface area contributed by atoms with Crippen molar-refractivity contribution >= 4 is 0 Å². The fourth-order valence-electron chi connectivity index (χ4n) is 5.65. The van der Waals surface area contributed by atoms with Gasteiger partial charge >= 0.3 is 0 Å². The summed E-state index contributed by atoms with van der Waals surface area (Å²) in [5.41, 5.74) is 9.57. The second-order valence-corrected chi connectivity index (χ2v) is 9.55. The Balaban J connectivity index is 1.45. The van der Waals surface area contributed by atoms with Crippen molar-refractivity contribution in [1.82, 2.24) is 9.88 Å². The SMILES string of the molecule is C=C=C(C)C1(Cc2ccc(C)cc2)CCC2(CCN(Cc3ccncc3)CC2)C1. The van der Waals surface area contributed by atoms with Gasteiger partial charge in [0.15, 0.2) is 0 Å². The first-order valence-electron chi connectivity index (χ1n) is 11.1. The van der Waals surface area contributed by atoms with Gasteiger partial charge in [-0.3, -0.25) is 9.88 Å². The zero-order valence-electron chi connectivity index (χ0n) is 18.1. The summed E-state index contributed by atoms with van der Waals surface area (Å²) in [4.78, 5) is 6.77. The highest BCUT2D eigenvalue weighted by molar-refractivity contribution is 5.27. The predicted molar refractivity (Wildman–Crippen MR) is 121 cm³/mol. The average molecular weight is 387 g/mol. The Morgan fingerprint density at radius 1 is 1.00 bits per heavy atom. The summed E-state index contributed by atoms with van der Waals surface area (Å²) in [5.74, 6) is 0. The van der Waals surface area contributed by atoms with Gasteiger partial charge in [0.05, 0.1) is 0 Å². The van der Waals surface area contributed by atoms with Crippen LogP contribution >= 0.6 is 0 Å². The van der Waals surface area contributed by atoms with Crippen molar-refractivity contribution in [1.29, 1.82) is 0 Å². The average Bonchev–Trinajstić information content (AvgIpc) is 3.11. The molecule has 1 atom stereocenters. The summed E-state index contributed by atoms with van der Waals surface area (Å²) in [5, 5.41) is 0. The summed E-state index contributed by atoms with van der Waals surface area (Å²) in [6.07, 6.45) is 11.5. The third-order valence-electron chi connectivity index (χ3n) is 7.64. The van der Waals surface area contributed by atoms with Crippen molar-refractivity contribution in [3.05, 3.63) is 83.4 Å². The van der Waals surface area contributed by atoms with Gasteiger partial charge in [0.25, 0.3) is 0 Å². The normalized spacial score (nSPS) is 23.8. The first-order valence-corrected chi connectivity index (χ1v) is 11.1. The fourth-order valence-corrected chi connectivity index (χ4v) is 5.65. The summed E-state index contributed by atoms with van der Waals surface area (Å²) in [6, 6.07) is 13.4. The van der Waals surface area contributed by atoms with Crippen molar-refractivity contribution in [2.24, 2.45) is 10.8 Å². The van der Waals surface area contributed by atoms with Crippen LogP contribution in [-0.4, -0.2) is 23.0 Å². The molecule has 1 unspecified atom stereocenters. The number of pyridine rings is 1. The summed E-state index contributed by atoms with van der Waals surface area (Å²) < 4.78 is 0. The van der Waals surface area contributed by atoms with Crippen LogP contribution in [0.2, 0.25) is 0 Å². The number of likely N-dealkylation sites (tertiary alicyclic amines) is 1. The van der Waals surface area contributed by atoms with E-state index in [1.807, 2.05) is 12.4 Å². The highest BCUT2D eigenvalue weighted by atomic mass is 15.1. The molecule has 2 nitrogen and oxygen atoms in total. The number of aromatic nitrogens is 1. The van der Waals surface area contributed by atoms with Gasteiger partial charge in [-0.15, -0.1) is 5.73 Å². The number of rotatable bonds is 5. The number of allylic oxidation sites excluding steroid dienone is 1. The van der Waals surface area contributed by atoms with E-state index >= 15 is 0 Å². The zero-order valence-corrected chi connectivity index (χ0v) is 18.1. The third kappa shape index (κ3) is 4.39. The lowest BCUT2D eigenvalue weighted by atomic mass is 9.69. The monoisotopic (exact) mass is 386 g/mol. The number of piperidine rings is 1. The number of aryl methyl sites for hydroxylation is 1. The maximum Gasteiger partial charge on any atom is 0.0271 e. The van der Waals surface area contributed by atoms with E-state index in [4.69, 9.17) is 0 Å². The molecule has 0 N–H and O–H groups in total. The molecule has 29 heavy (non-hydrogen) atoms. The van der Waals surface area contributed by atoms with Crippen molar-refractivity contribution in [3.8, 4) is 0 Å². The molecule has 1 aliphatic carbocycles. The van der Waals surface area contributed by atoms with E-state index in [2.05, 4.69) is 72.4 Å². The number of benzene rings is 1. The van der Waals surface area contributed by atoms with E-state index in [0.29, 0.717) is 5.41 Å². The van der Waals surface area contributed by atoms with Gasteiger partial charge in [-0.25, -0.2) is 0 Å². The Morgan fingerprint density at radius 3 is 2.34 bits per heavy atom. The van der Waals surface area contributed by atoms with Gasteiger partial charge in [-0.1, -0.05) is 36.4 Å². The van der Waals surface area contributed by atoms with Crippen LogP contribution in [0.3, 0.4) is 0 Å². The van der Waals surface area contributed by atoms with Crippen LogP contribution in [0.5, 0.6) is 0 Å².